The number of aromatic hydroxyl groups is 1. The van der Waals surface area contributed by atoms with Crippen LogP contribution in [0, 0.1) is 0 Å². The number of carbonyl (C=O) groups excluding carboxylic acids is 2. The molecule has 38 heavy (non-hydrogen) atoms. The number of phenols is 1. The summed E-state index contributed by atoms with van der Waals surface area (Å²) in [6, 6.07) is 8.32. The summed E-state index contributed by atoms with van der Waals surface area (Å²) in [5.41, 5.74) is 1.46. The fourth-order valence-corrected chi connectivity index (χ4v) is 6.04. The molecule has 0 spiro atoms. The Labute approximate surface area is 234 Å². The van der Waals surface area contributed by atoms with Crippen LogP contribution in [-0.2, 0) is 33.4 Å². The van der Waals surface area contributed by atoms with Crippen molar-refractivity contribution in [1.82, 2.24) is 10.2 Å². The van der Waals surface area contributed by atoms with Crippen LogP contribution >= 0.6 is 11.3 Å². The first kappa shape index (κ1) is 30.2. The molecule has 1 aromatic carbocycles. The number of carbonyl (C=O) groups is 2. The molecule has 3 rings (SSSR count). The van der Waals surface area contributed by atoms with E-state index >= 15 is 0 Å². The molecular weight excluding hydrogens is 492 g/mol. The summed E-state index contributed by atoms with van der Waals surface area (Å²) in [6.45, 7) is 16.9. The largest absolute Gasteiger partial charge is 0.507 e. The summed E-state index contributed by atoms with van der Waals surface area (Å²) in [6.07, 6.45) is 5.71. The Morgan fingerprint density at radius 3 is 2.08 bits per heavy atom. The predicted octanol–water partition coefficient (Wildman–Crippen LogP) is 7.24. The second-order valence-electron chi connectivity index (χ2n) is 13.2. The van der Waals surface area contributed by atoms with Crippen LogP contribution in [0.2, 0.25) is 0 Å². The molecule has 2 aromatic rings. The third-order valence-electron chi connectivity index (χ3n) is 8.07. The van der Waals surface area contributed by atoms with Crippen LogP contribution < -0.4 is 5.32 Å². The predicted molar refractivity (Wildman–Crippen MR) is 158 cm³/mol. The molecule has 1 fully saturated rings. The number of thiophene rings is 1. The van der Waals surface area contributed by atoms with Crippen LogP contribution in [-0.4, -0.2) is 33.4 Å². The topological polar surface area (TPSA) is 69.6 Å². The van der Waals surface area contributed by atoms with E-state index in [-0.39, 0.29) is 28.7 Å². The average molecular weight is 541 g/mol. The molecule has 2 amide bonds. The van der Waals surface area contributed by atoms with Crippen molar-refractivity contribution in [2.24, 2.45) is 0 Å². The number of amides is 2. The van der Waals surface area contributed by atoms with Gasteiger partial charge in [0.1, 0.15) is 11.3 Å². The molecular formula is C32H48N2O3S. The van der Waals surface area contributed by atoms with E-state index < -0.39 is 5.54 Å². The smallest absolute Gasteiger partial charge is 0.245 e. The van der Waals surface area contributed by atoms with Crippen molar-refractivity contribution in [1.29, 1.82) is 0 Å². The van der Waals surface area contributed by atoms with Crippen LogP contribution in [0.4, 0.5) is 0 Å². The van der Waals surface area contributed by atoms with E-state index in [9.17, 15) is 14.7 Å². The quantitative estimate of drug-likeness (QED) is 0.352. The van der Waals surface area contributed by atoms with Gasteiger partial charge in [0.2, 0.25) is 11.8 Å². The number of aryl methyl sites for hydroxylation is 1. The molecule has 1 aromatic heterocycles. The third-order valence-corrected chi connectivity index (χ3v) is 8.93. The van der Waals surface area contributed by atoms with Crippen LogP contribution in [0.25, 0.3) is 0 Å². The monoisotopic (exact) mass is 540 g/mol. The number of benzene rings is 1. The molecule has 6 heteroatoms. The van der Waals surface area contributed by atoms with E-state index in [1.165, 1.54) is 0 Å². The third kappa shape index (κ3) is 6.99. The Morgan fingerprint density at radius 1 is 1.03 bits per heavy atom. The fraction of sp³-hybridized carbons (Fsp3) is 0.625. The summed E-state index contributed by atoms with van der Waals surface area (Å²) < 4.78 is 0. The van der Waals surface area contributed by atoms with E-state index in [4.69, 9.17) is 0 Å². The van der Waals surface area contributed by atoms with Gasteiger partial charge in [-0.15, -0.1) is 11.3 Å². The highest BCUT2D eigenvalue weighted by Crippen LogP contribution is 2.40. The zero-order chi connectivity index (χ0) is 28.3. The van der Waals surface area contributed by atoms with E-state index in [0.29, 0.717) is 31.6 Å². The highest BCUT2D eigenvalue weighted by atomic mass is 32.1. The van der Waals surface area contributed by atoms with Crippen molar-refractivity contribution < 1.29 is 14.7 Å². The Hall–Kier alpha value is -2.34. The molecule has 0 aliphatic heterocycles. The Balaban J connectivity index is 1.90. The van der Waals surface area contributed by atoms with Crippen LogP contribution in [0.3, 0.4) is 0 Å². The number of nitrogens with zero attached hydrogens (tertiary/aromatic N) is 1. The minimum absolute atomic E-state index is 0.0213. The molecule has 1 heterocycles. The summed E-state index contributed by atoms with van der Waals surface area (Å²) in [5, 5.41) is 16.4. The van der Waals surface area contributed by atoms with E-state index in [1.807, 2.05) is 43.5 Å². The van der Waals surface area contributed by atoms with Gasteiger partial charge in [-0.05, 0) is 71.6 Å². The van der Waals surface area contributed by atoms with Gasteiger partial charge in [-0.1, -0.05) is 79.5 Å². The number of rotatable bonds is 9. The average Bonchev–Trinajstić information content (AvgIpc) is 3.54. The van der Waals surface area contributed by atoms with Gasteiger partial charge in [-0.2, -0.15) is 0 Å². The summed E-state index contributed by atoms with van der Waals surface area (Å²) in [7, 11) is 0. The van der Waals surface area contributed by atoms with Gasteiger partial charge in [-0.25, -0.2) is 0 Å². The molecule has 5 nitrogen and oxygen atoms in total. The number of hydrogen-bond donors (Lipinski definition) is 2. The zero-order valence-corrected chi connectivity index (χ0v) is 25.6. The maximum absolute atomic E-state index is 13.9. The minimum Gasteiger partial charge on any atom is -0.507 e. The Bertz CT molecular complexity index is 1070. The second kappa shape index (κ2) is 11.8. The van der Waals surface area contributed by atoms with Crippen LogP contribution in [0.5, 0.6) is 5.75 Å². The van der Waals surface area contributed by atoms with Gasteiger partial charge in [0.15, 0.2) is 0 Å². The first-order valence-corrected chi connectivity index (χ1v) is 15.1. The van der Waals surface area contributed by atoms with Crippen molar-refractivity contribution in [3.05, 3.63) is 51.2 Å². The summed E-state index contributed by atoms with van der Waals surface area (Å²) in [4.78, 5) is 30.4. The lowest BCUT2D eigenvalue weighted by Crippen LogP contribution is -2.59. The second-order valence-corrected chi connectivity index (χ2v) is 14.2. The van der Waals surface area contributed by atoms with Crippen LogP contribution in [0.1, 0.15) is 115 Å². The van der Waals surface area contributed by atoms with Gasteiger partial charge < -0.3 is 15.3 Å². The molecule has 1 unspecified atom stereocenters. The highest BCUT2D eigenvalue weighted by Gasteiger charge is 2.41. The lowest BCUT2D eigenvalue weighted by molar-refractivity contribution is -0.148. The molecule has 1 atom stereocenters. The fourth-order valence-electron chi connectivity index (χ4n) is 5.35. The molecule has 210 valence electrons. The zero-order valence-electron chi connectivity index (χ0n) is 24.7. The molecule has 1 aliphatic carbocycles. The van der Waals surface area contributed by atoms with Gasteiger partial charge >= 0.3 is 0 Å². The van der Waals surface area contributed by atoms with Crippen molar-refractivity contribution >= 4 is 23.2 Å². The summed E-state index contributed by atoms with van der Waals surface area (Å²) >= 11 is 1.61. The van der Waals surface area contributed by atoms with Crippen molar-refractivity contribution in [3.63, 3.8) is 0 Å². The lowest BCUT2D eigenvalue weighted by Gasteiger charge is -2.40. The molecule has 0 saturated heterocycles. The van der Waals surface area contributed by atoms with Gasteiger partial charge in [0, 0.05) is 17.3 Å². The summed E-state index contributed by atoms with van der Waals surface area (Å²) in [5.74, 6) is 0.278. The maximum Gasteiger partial charge on any atom is 0.245 e. The molecule has 1 aliphatic rings. The van der Waals surface area contributed by atoms with Crippen molar-refractivity contribution in [3.8, 4) is 5.75 Å². The van der Waals surface area contributed by atoms with Crippen LogP contribution in [0.15, 0.2) is 29.6 Å². The SMILES string of the molecule is CCC(C)(C(=O)NC1CCCC1)N(Cc1cccs1)C(=O)CCc1cc(C(C)(C)C)c(O)c(C(C)(C)C)c1. The maximum atomic E-state index is 13.9. The molecule has 2 N–H and O–H groups in total. The molecule has 1 saturated carbocycles. The molecule has 0 radical (unpaired) electrons. The van der Waals surface area contributed by atoms with Gasteiger partial charge in [0.25, 0.3) is 0 Å². The van der Waals surface area contributed by atoms with E-state index in [0.717, 1.165) is 47.3 Å². The standard InChI is InChI=1S/C32H48N2O3S/c1-9-32(8,29(37)33-23-13-10-11-14-23)34(21-24-15-12-18-38-24)27(35)17-16-22-19-25(30(2,3)4)28(36)26(20-22)31(5,6)7/h12,15,18-20,23,36H,9-11,13-14,16-17,21H2,1-8H3,(H,33,37). The Morgan fingerprint density at radius 2 is 1.61 bits per heavy atom. The highest BCUT2D eigenvalue weighted by molar-refractivity contribution is 7.09. The molecule has 0 bridgehead atoms. The first-order chi connectivity index (χ1) is 17.7. The number of phenolic OH excluding ortho intramolecular Hbond substituents is 1. The number of nitrogens with one attached hydrogen (secondary N) is 1. The Kier molecular flexibility index (Phi) is 9.39. The van der Waals surface area contributed by atoms with E-state index in [1.54, 1.807) is 16.2 Å². The minimum atomic E-state index is -0.925. The van der Waals surface area contributed by atoms with Gasteiger partial charge in [-0.3, -0.25) is 9.59 Å². The van der Waals surface area contributed by atoms with E-state index in [2.05, 4.69) is 46.9 Å². The van der Waals surface area contributed by atoms with Crippen molar-refractivity contribution in [2.45, 2.75) is 129 Å². The van der Waals surface area contributed by atoms with Crippen molar-refractivity contribution in [2.75, 3.05) is 0 Å². The van der Waals surface area contributed by atoms with Gasteiger partial charge in [0.05, 0.1) is 6.54 Å². The lowest BCUT2D eigenvalue weighted by atomic mass is 9.78. The number of hydrogen-bond acceptors (Lipinski definition) is 4. The first-order valence-electron chi connectivity index (χ1n) is 14.2. The normalized spacial score (nSPS) is 16.3.